The summed E-state index contributed by atoms with van der Waals surface area (Å²) in [4.78, 5) is 44.4. The molecule has 0 heterocycles. The van der Waals surface area contributed by atoms with E-state index in [1.54, 1.807) is 0 Å². The van der Waals surface area contributed by atoms with Crippen LogP contribution in [0.5, 0.6) is 0 Å². The van der Waals surface area contributed by atoms with E-state index in [-0.39, 0.29) is 38.0 Å². The molecule has 0 unspecified atom stereocenters. The fourth-order valence-corrected chi connectivity index (χ4v) is 1.48. The van der Waals surface area contributed by atoms with Crippen molar-refractivity contribution in [3.05, 3.63) is 0 Å². The van der Waals surface area contributed by atoms with Gasteiger partial charge < -0.3 is 25.9 Å². The number of carboxylic acids is 4. The molecular weight excluding hydrogens is 395 g/mol. The maximum absolute atomic E-state index is 10.6. The summed E-state index contributed by atoms with van der Waals surface area (Å²) in [5.41, 5.74) is 0. The summed E-state index contributed by atoms with van der Waals surface area (Å²) in [5.74, 6) is -4.91. The van der Waals surface area contributed by atoms with Gasteiger partial charge in [-0.3, -0.25) is 29.0 Å². The van der Waals surface area contributed by atoms with Crippen LogP contribution in [0.2, 0.25) is 0 Å². The van der Waals surface area contributed by atoms with Crippen molar-refractivity contribution in [3.63, 3.8) is 0 Å². The van der Waals surface area contributed by atoms with Gasteiger partial charge in [0.2, 0.25) is 0 Å². The van der Waals surface area contributed by atoms with Gasteiger partial charge in [0.1, 0.15) is 0 Å². The third kappa shape index (κ3) is 14.8. The summed E-state index contributed by atoms with van der Waals surface area (Å²) in [6.07, 6.45) is 0. The molecule has 5 N–H and O–H groups in total. The summed E-state index contributed by atoms with van der Waals surface area (Å²) < 4.78 is 0. The first-order chi connectivity index (χ1) is 9.20. The van der Waals surface area contributed by atoms with E-state index in [0.29, 0.717) is 0 Å². The molecule has 0 aliphatic carbocycles. The SMILES string of the molecule is O=C(O)CN(CCN(CC(=O)O)CC(=O)O)CC(=O)O.[OH-].[Rh+2]. The molecule has 0 aromatic rings. The van der Waals surface area contributed by atoms with Crippen molar-refractivity contribution in [2.75, 3.05) is 39.3 Å². The third-order valence-corrected chi connectivity index (χ3v) is 2.17. The molecule has 0 atom stereocenters. The molecule has 0 rings (SSSR count). The molecule has 22 heavy (non-hydrogen) atoms. The minimum Gasteiger partial charge on any atom is -0.870 e. The molecule has 0 aliphatic rings. The quantitative estimate of drug-likeness (QED) is 0.269. The van der Waals surface area contributed by atoms with E-state index in [0.717, 1.165) is 9.80 Å². The van der Waals surface area contributed by atoms with E-state index in [2.05, 4.69) is 0 Å². The average Bonchev–Trinajstić information content (AvgIpc) is 2.22. The van der Waals surface area contributed by atoms with E-state index in [1.165, 1.54) is 0 Å². The fraction of sp³-hybridized carbons (Fsp3) is 0.600. The average molecular weight is 412 g/mol. The van der Waals surface area contributed by atoms with E-state index in [9.17, 15) is 19.2 Å². The monoisotopic (exact) mass is 412 g/mol. The Kier molecular flexibility index (Phi) is 15.1. The van der Waals surface area contributed by atoms with Crippen LogP contribution in [0.3, 0.4) is 0 Å². The molecule has 11 nitrogen and oxygen atoms in total. The second-order valence-corrected chi connectivity index (χ2v) is 4.00. The van der Waals surface area contributed by atoms with E-state index < -0.39 is 50.1 Å². The normalized spacial score (nSPS) is 9.73. The molecule has 0 aromatic heterocycles. The molecule has 0 saturated carbocycles. The Morgan fingerprint density at radius 2 is 0.773 bits per heavy atom. The molecule has 12 heteroatoms. The second-order valence-electron chi connectivity index (χ2n) is 4.00. The number of nitrogens with zero attached hydrogens (tertiary/aromatic N) is 2. The van der Waals surface area contributed by atoms with Crippen LogP contribution in [0, 0.1) is 0 Å². The van der Waals surface area contributed by atoms with Crippen LogP contribution in [-0.2, 0) is 38.7 Å². The summed E-state index contributed by atoms with van der Waals surface area (Å²) in [5, 5.41) is 34.5. The maximum Gasteiger partial charge on any atom is 2.00 e. The Morgan fingerprint density at radius 3 is 0.909 bits per heavy atom. The summed E-state index contributed by atoms with van der Waals surface area (Å²) in [6.45, 7) is -2.25. The number of rotatable bonds is 11. The van der Waals surface area contributed by atoms with Gasteiger partial charge in [0.25, 0.3) is 0 Å². The first kappa shape index (κ1) is 25.3. The van der Waals surface area contributed by atoms with Crippen molar-refractivity contribution < 1.29 is 64.6 Å². The summed E-state index contributed by atoms with van der Waals surface area (Å²) >= 11 is 0. The number of hydrogen-bond acceptors (Lipinski definition) is 7. The Bertz CT molecular complexity index is 323. The minimum atomic E-state index is -1.23. The van der Waals surface area contributed by atoms with E-state index >= 15 is 0 Å². The maximum atomic E-state index is 10.6. The van der Waals surface area contributed by atoms with Gasteiger partial charge in [-0.2, -0.15) is 0 Å². The van der Waals surface area contributed by atoms with Crippen molar-refractivity contribution in [2.24, 2.45) is 0 Å². The number of carboxylic acid groups (broad SMARTS) is 4. The van der Waals surface area contributed by atoms with Gasteiger partial charge in [-0.15, -0.1) is 0 Å². The van der Waals surface area contributed by atoms with Gasteiger partial charge in [0, 0.05) is 13.1 Å². The molecule has 129 valence electrons. The van der Waals surface area contributed by atoms with E-state index in [1.807, 2.05) is 0 Å². The molecular formula is C10H17N2O9Rh+. The molecule has 1 radical (unpaired) electrons. The van der Waals surface area contributed by atoms with Gasteiger partial charge in [0.05, 0.1) is 26.2 Å². The smallest absolute Gasteiger partial charge is 0.870 e. The van der Waals surface area contributed by atoms with Crippen LogP contribution in [0.1, 0.15) is 0 Å². The van der Waals surface area contributed by atoms with Gasteiger partial charge in [0.15, 0.2) is 0 Å². The van der Waals surface area contributed by atoms with Crippen LogP contribution in [0.25, 0.3) is 0 Å². The van der Waals surface area contributed by atoms with Gasteiger partial charge in [-0.1, -0.05) is 0 Å². The molecule has 0 bridgehead atoms. The number of carbonyl (C=O) groups is 4. The van der Waals surface area contributed by atoms with Crippen molar-refractivity contribution in [1.29, 1.82) is 0 Å². The topological polar surface area (TPSA) is 186 Å². The Morgan fingerprint density at radius 1 is 0.591 bits per heavy atom. The van der Waals surface area contributed by atoms with Crippen LogP contribution < -0.4 is 0 Å². The van der Waals surface area contributed by atoms with Crippen LogP contribution in [0.4, 0.5) is 0 Å². The largest absolute Gasteiger partial charge is 2.00 e. The summed E-state index contributed by atoms with van der Waals surface area (Å²) in [7, 11) is 0. The van der Waals surface area contributed by atoms with Gasteiger partial charge >= 0.3 is 43.4 Å². The van der Waals surface area contributed by atoms with Crippen LogP contribution in [-0.4, -0.2) is 98.8 Å². The standard InChI is InChI=1S/C10H16N2O8.H2O.Rh/c13-7(14)3-11(4-8(15)16)1-2-12(5-9(17)18)6-10(19)20;;/h1-6H2,(H,13,14)(H,15,16)(H,17,18)(H,19,20);1H2;/q;;+2/p-1. The van der Waals surface area contributed by atoms with Crippen molar-refractivity contribution >= 4 is 23.9 Å². The van der Waals surface area contributed by atoms with Crippen molar-refractivity contribution in [3.8, 4) is 0 Å². The summed E-state index contributed by atoms with van der Waals surface area (Å²) in [6, 6.07) is 0. The molecule has 0 aliphatic heterocycles. The zero-order valence-corrected chi connectivity index (χ0v) is 13.0. The Hall–Kier alpha value is -1.62. The second kappa shape index (κ2) is 13.1. The van der Waals surface area contributed by atoms with Crippen LogP contribution in [0.15, 0.2) is 0 Å². The molecule has 0 spiro atoms. The number of aliphatic carboxylic acids is 4. The fourth-order valence-electron chi connectivity index (χ4n) is 1.48. The van der Waals surface area contributed by atoms with Gasteiger partial charge in [-0.05, 0) is 0 Å². The minimum absolute atomic E-state index is 0. The predicted octanol–water partition coefficient (Wildman–Crippen LogP) is -2.25. The predicted molar refractivity (Wildman–Crippen MR) is 65.4 cm³/mol. The van der Waals surface area contributed by atoms with Crippen molar-refractivity contribution in [2.45, 2.75) is 0 Å². The molecule has 0 amide bonds. The zero-order chi connectivity index (χ0) is 15.7. The Balaban J connectivity index is -0.00000180. The first-order valence-corrected chi connectivity index (χ1v) is 5.52. The molecule has 0 fully saturated rings. The van der Waals surface area contributed by atoms with Crippen molar-refractivity contribution in [1.82, 2.24) is 9.80 Å². The Labute approximate surface area is 138 Å². The first-order valence-electron chi connectivity index (χ1n) is 5.52. The van der Waals surface area contributed by atoms with Crippen LogP contribution >= 0.6 is 0 Å². The molecule has 0 saturated heterocycles. The molecule has 0 aromatic carbocycles. The zero-order valence-electron chi connectivity index (χ0n) is 11.3. The number of hydrogen-bond donors (Lipinski definition) is 4. The third-order valence-electron chi connectivity index (χ3n) is 2.17. The van der Waals surface area contributed by atoms with Gasteiger partial charge in [-0.25, -0.2) is 0 Å². The van der Waals surface area contributed by atoms with E-state index in [4.69, 9.17) is 20.4 Å².